The van der Waals surface area contributed by atoms with E-state index < -0.39 is 0 Å². The van der Waals surface area contributed by atoms with Gasteiger partial charge >= 0.3 is 0 Å². The lowest BCUT2D eigenvalue weighted by Crippen LogP contribution is -2.26. The van der Waals surface area contributed by atoms with Gasteiger partial charge in [-0.25, -0.2) is 0 Å². The maximum atomic E-state index is 6.38. The van der Waals surface area contributed by atoms with Crippen LogP contribution >= 0.6 is 11.6 Å². The zero-order chi connectivity index (χ0) is 13.4. The summed E-state index contributed by atoms with van der Waals surface area (Å²) in [7, 11) is 0. The van der Waals surface area contributed by atoms with E-state index in [9.17, 15) is 0 Å². The molecule has 0 saturated heterocycles. The van der Waals surface area contributed by atoms with Crippen LogP contribution in [0.2, 0.25) is 5.02 Å². The van der Waals surface area contributed by atoms with Crippen LogP contribution in [0.25, 0.3) is 0 Å². The van der Waals surface area contributed by atoms with Crippen molar-refractivity contribution in [3.8, 4) is 0 Å². The first-order valence-corrected chi connectivity index (χ1v) is 7.35. The summed E-state index contributed by atoms with van der Waals surface area (Å²) in [5.41, 5.74) is 2.50. The topological polar surface area (TPSA) is 15.3 Å². The molecule has 3 heteroatoms. The average Bonchev–Trinajstić information content (AvgIpc) is 2.37. The van der Waals surface area contributed by atoms with Crippen molar-refractivity contribution in [2.75, 3.05) is 24.5 Å². The number of rotatable bonds is 8. The van der Waals surface area contributed by atoms with Gasteiger partial charge in [0.2, 0.25) is 0 Å². The van der Waals surface area contributed by atoms with Gasteiger partial charge in [-0.1, -0.05) is 37.6 Å². The first kappa shape index (κ1) is 15.3. The van der Waals surface area contributed by atoms with Crippen molar-refractivity contribution in [2.45, 2.75) is 40.2 Å². The van der Waals surface area contributed by atoms with Crippen molar-refractivity contribution in [2.24, 2.45) is 0 Å². The quantitative estimate of drug-likeness (QED) is 0.715. The zero-order valence-corrected chi connectivity index (χ0v) is 12.6. The van der Waals surface area contributed by atoms with E-state index in [4.69, 9.17) is 11.6 Å². The summed E-state index contributed by atoms with van der Waals surface area (Å²) < 4.78 is 0. The molecular weight excluding hydrogens is 244 g/mol. The molecule has 1 aromatic carbocycles. The molecule has 0 bridgehead atoms. The fourth-order valence-corrected chi connectivity index (χ4v) is 2.47. The minimum atomic E-state index is 0.862. The number of anilines is 1. The highest BCUT2D eigenvalue weighted by Gasteiger charge is 2.12. The molecule has 0 saturated carbocycles. The van der Waals surface area contributed by atoms with Crippen molar-refractivity contribution in [1.29, 1.82) is 0 Å². The number of para-hydroxylation sites is 1. The second kappa shape index (κ2) is 8.39. The van der Waals surface area contributed by atoms with E-state index in [1.54, 1.807) is 0 Å². The lowest BCUT2D eigenvalue weighted by atomic mass is 10.1. The summed E-state index contributed by atoms with van der Waals surface area (Å²) in [6.45, 7) is 10.6. The van der Waals surface area contributed by atoms with Gasteiger partial charge in [-0.2, -0.15) is 0 Å². The van der Waals surface area contributed by atoms with Crippen LogP contribution in [-0.2, 0) is 6.54 Å². The van der Waals surface area contributed by atoms with Gasteiger partial charge in [0, 0.05) is 19.6 Å². The summed E-state index contributed by atoms with van der Waals surface area (Å²) in [5.74, 6) is 0. The van der Waals surface area contributed by atoms with Crippen LogP contribution in [0.4, 0.5) is 5.69 Å². The van der Waals surface area contributed by atoms with Crippen LogP contribution in [0, 0.1) is 0 Å². The van der Waals surface area contributed by atoms with E-state index >= 15 is 0 Å². The third-order valence-corrected chi connectivity index (χ3v) is 3.31. The molecule has 0 fully saturated rings. The van der Waals surface area contributed by atoms with Crippen LogP contribution in [0.3, 0.4) is 0 Å². The molecule has 18 heavy (non-hydrogen) atoms. The van der Waals surface area contributed by atoms with E-state index in [0.29, 0.717) is 0 Å². The molecule has 0 radical (unpaired) electrons. The average molecular weight is 269 g/mol. The van der Waals surface area contributed by atoms with Crippen LogP contribution < -0.4 is 10.2 Å². The Balaban J connectivity index is 2.91. The van der Waals surface area contributed by atoms with Gasteiger partial charge in [0.25, 0.3) is 0 Å². The highest BCUT2D eigenvalue weighted by atomic mass is 35.5. The first-order valence-electron chi connectivity index (χ1n) is 6.97. The second-order valence-corrected chi connectivity index (χ2v) is 4.91. The van der Waals surface area contributed by atoms with Crippen LogP contribution in [0.15, 0.2) is 18.2 Å². The third-order valence-electron chi connectivity index (χ3n) is 3.00. The van der Waals surface area contributed by atoms with Gasteiger partial charge in [0.15, 0.2) is 0 Å². The molecule has 0 atom stereocenters. The number of hydrogen-bond acceptors (Lipinski definition) is 2. The lowest BCUT2D eigenvalue weighted by Gasteiger charge is -2.26. The Kier molecular flexibility index (Phi) is 7.14. The fourth-order valence-electron chi connectivity index (χ4n) is 2.15. The Labute approximate surface area is 116 Å². The molecule has 0 spiro atoms. The maximum Gasteiger partial charge on any atom is 0.0642 e. The van der Waals surface area contributed by atoms with Gasteiger partial charge in [0.05, 0.1) is 10.7 Å². The lowest BCUT2D eigenvalue weighted by molar-refractivity contribution is 0.671. The molecule has 0 heterocycles. The van der Waals surface area contributed by atoms with E-state index in [1.165, 1.54) is 11.3 Å². The minimum Gasteiger partial charge on any atom is -0.370 e. The number of nitrogens with one attached hydrogen (secondary N) is 1. The Morgan fingerprint density at radius 1 is 1.17 bits per heavy atom. The van der Waals surface area contributed by atoms with Gasteiger partial charge in [0.1, 0.15) is 0 Å². The Hall–Kier alpha value is -0.730. The van der Waals surface area contributed by atoms with Crippen molar-refractivity contribution < 1.29 is 0 Å². The van der Waals surface area contributed by atoms with E-state index in [-0.39, 0.29) is 0 Å². The summed E-state index contributed by atoms with van der Waals surface area (Å²) in [6, 6.07) is 6.19. The molecule has 0 aliphatic carbocycles. The van der Waals surface area contributed by atoms with Gasteiger partial charge < -0.3 is 10.2 Å². The summed E-state index contributed by atoms with van der Waals surface area (Å²) in [4.78, 5) is 2.37. The third kappa shape index (κ3) is 4.18. The normalized spacial score (nSPS) is 10.7. The SMILES string of the molecule is CCCNCc1cccc(Cl)c1N(CC)CCC. The Bertz CT molecular complexity index is 352. The Morgan fingerprint density at radius 3 is 2.56 bits per heavy atom. The smallest absolute Gasteiger partial charge is 0.0642 e. The summed E-state index contributed by atoms with van der Waals surface area (Å²) in [6.07, 6.45) is 2.29. The first-order chi connectivity index (χ1) is 8.74. The Morgan fingerprint density at radius 2 is 1.94 bits per heavy atom. The highest BCUT2D eigenvalue weighted by Crippen LogP contribution is 2.30. The minimum absolute atomic E-state index is 0.862. The van der Waals surface area contributed by atoms with Gasteiger partial charge in [-0.15, -0.1) is 0 Å². The highest BCUT2D eigenvalue weighted by molar-refractivity contribution is 6.33. The molecule has 0 unspecified atom stereocenters. The summed E-state index contributed by atoms with van der Waals surface area (Å²) >= 11 is 6.38. The molecule has 0 amide bonds. The maximum absolute atomic E-state index is 6.38. The molecule has 1 rings (SSSR count). The number of halogens is 1. The molecular formula is C15H25ClN2. The molecule has 0 aliphatic heterocycles. The fraction of sp³-hybridized carbons (Fsp3) is 0.600. The van der Waals surface area contributed by atoms with Crippen molar-refractivity contribution in [3.05, 3.63) is 28.8 Å². The van der Waals surface area contributed by atoms with E-state index in [1.807, 2.05) is 12.1 Å². The zero-order valence-electron chi connectivity index (χ0n) is 11.8. The van der Waals surface area contributed by atoms with Gasteiger partial charge in [-0.3, -0.25) is 0 Å². The van der Waals surface area contributed by atoms with E-state index in [2.05, 4.69) is 37.1 Å². The number of benzene rings is 1. The second-order valence-electron chi connectivity index (χ2n) is 4.50. The molecule has 102 valence electrons. The molecule has 1 aromatic rings. The van der Waals surface area contributed by atoms with Crippen LogP contribution in [0.1, 0.15) is 39.2 Å². The number of nitrogens with zero attached hydrogens (tertiary/aromatic N) is 1. The van der Waals surface area contributed by atoms with Crippen LogP contribution in [-0.4, -0.2) is 19.6 Å². The van der Waals surface area contributed by atoms with Crippen LogP contribution in [0.5, 0.6) is 0 Å². The molecule has 1 N–H and O–H groups in total. The molecule has 0 aromatic heterocycles. The predicted octanol–water partition coefficient (Wildman–Crippen LogP) is 4.08. The monoisotopic (exact) mass is 268 g/mol. The van der Waals surface area contributed by atoms with Crippen molar-refractivity contribution in [1.82, 2.24) is 5.32 Å². The summed E-state index contributed by atoms with van der Waals surface area (Å²) in [5, 5.41) is 4.32. The van der Waals surface area contributed by atoms with Crippen molar-refractivity contribution >= 4 is 17.3 Å². The van der Waals surface area contributed by atoms with E-state index in [0.717, 1.165) is 44.0 Å². The predicted molar refractivity (Wildman–Crippen MR) is 81.6 cm³/mol. The number of hydrogen-bond donors (Lipinski definition) is 1. The van der Waals surface area contributed by atoms with Gasteiger partial charge in [-0.05, 0) is 37.9 Å². The largest absolute Gasteiger partial charge is 0.370 e. The molecule has 0 aliphatic rings. The van der Waals surface area contributed by atoms with Crippen molar-refractivity contribution in [3.63, 3.8) is 0 Å². The molecule has 2 nitrogen and oxygen atoms in total. The standard InChI is InChI=1S/C15H25ClN2/c1-4-10-17-12-13-8-7-9-14(16)15(13)18(6-3)11-5-2/h7-9,17H,4-6,10-12H2,1-3H3.